The number of aromatic hydroxyl groups is 1. The first-order valence-corrected chi connectivity index (χ1v) is 21.8. The molecule has 14 nitrogen and oxygen atoms in total. The number of ether oxygens (including phenoxy) is 3. The van der Waals surface area contributed by atoms with Crippen LogP contribution >= 0.6 is 69.6 Å². The lowest BCUT2D eigenvalue weighted by atomic mass is 10.1. The number of nitrogens with zero attached hydrogens (tertiary/aromatic N) is 9. The highest BCUT2D eigenvalue weighted by Gasteiger charge is 2.22. The Hall–Kier alpha value is -5.61. The van der Waals surface area contributed by atoms with Crippen molar-refractivity contribution in [2.45, 2.75) is 25.9 Å². The third-order valence-corrected chi connectivity index (χ3v) is 11.8. The van der Waals surface area contributed by atoms with Crippen molar-refractivity contribution < 1.29 is 24.1 Å². The molecule has 0 saturated carbocycles. The van der Waals surface area contributed by atoms with Gasteiger partial charge in [-0.3, -0.25) is 4.79 Å². The Morgan fingerprint density at radius 2 is 1.14 bits per heavy atom. The van der Waals surface area contributed by atoms with E-state index in [2.05, 4.69) is 29.9 Å². The number of fused-ring (bicyclic) bond motifs is 2. The number of hydrogen-bond donors (Lipinski definition) is 1. The van der Waals surface area contributed by atoms with Crippen LogP contribution in [0.1, 0.15) is 24.0 Å². The van der Waals surface area contributed by atoms with Crippen molar-refractivity contribution in [2.24, 2.45) is 0 Å². The van der Waals surface area contributed by atoms with E-state index in [9.17, 15) is 9.90 Å². The van der Waals surface area contributed by atoms with E-state index in [-0.39, 0.29) is 27.2 Å². The molecule has 8 aromatic rings. The summed E-state index contributed by atoms with van der Waals surface area (Å²) >= 11 is 37.7. The highest BCUT2D eigenvalue weighted by atomic mass is 35.5. The predicted molar refractivity (Wildman–Crippen MR) is 249 cm³/mol. The topological polar surface area (TPSA) is 155 Å². The molecular weight excluding hydrogens is 947 g/mol. The molecule has 5 heterocycles. The van der Waals surface area contributed by atoms with E-state index in [1.165, 1.54) is 12.1 Å². The lowest BCUT2D eigenvalue weighted by Crippen LogP contribution is -2.29. The molecule has 0 radical (unpaired) electrons. The molecule has 0 bridgehead atoms. The summed E-state index contributed by atoms with van der Waals surface area (Å²) in [4.78, 5) is 40.1. The summed E-state index contributed by atoms with van der Waals surface area (Å²) in [5.41, 5.74) is 6.19. The molecule has 1 aliphatic rings. The summed E-state index contributed by atoms with van der Waals surface area (Å²) < 4.78 is 20.1. The Balaban J connectivity index is 0.000000181. The highest BCUT2D eigenvalue weighted by Crippen LogP contribution is 2.40. The van der Waals surface area contributed by atoms with Crippen LogP contribution < -0.4 is 14.2 Å². The second-order valence-corrected chi connectivity index (χ2v) is 16.7. The molecule has 1 N–H and O–H groups in total. The van der Waals surface area contributed by atoms with Crippen molar-refractivity contribution in [1.82, 2.24) is 43.9 Å². The van der Waals surface area contributed by atoms with Crippen LogP contribution in [0.2, 0.25) is 30.7 Å². The first-order chi connectivity index (χ1) is 30.9. The number of amides is 1. The Labute approximate surface area is 396 Å². The zero-order valence-electron chi connectivity index (χ0n) is 33.9. The van der Waals surface area contributed by atoms with Crippen LogP contribution in [0.15, 0.2) is 85.5 Å². The molecule has 4 aromatic heterocycles. The van der Waals surface area contributed by atoms with Gasteiger partial charge < -0.3 is 33.4 Å². The summed E-state index contributed by atoms with van der Waals surface area (Å²) in [6, 6.07) is 21.7. The van der Waals surface area contributed by atoms with Gasteiger partial charge in [-0.1, -0.05) is 70.7 Å². The Kier molecular flexibility index (Phi) is 13.8. The van der Waals surface area contributed by atoms with Gasteiger partial charge in [-0.2, -0.15) is 9.97 Å². The number of methoxy groups -OCH3 is 2. The number of phenolic OH excluding ortho intramolecular Hbond substituents is 1. The number of hydrogen-bond acceptors (Lipinski definition) is 11. The number of carbonyl (C=O) groups is 1. The molecule has 1 fully saturated rings. The van der Waals surface area contributed by atoms with E-state index in [0.29, 0.717) is 98.3 Å². The molecule has 1 amide bonds. The molecule has 64 heavy (non-hydrogen) atoms. The number of aromatic nitrogens is 8. The quantitative estimate of drug-likeness (QED) is 0.116. The minimum Gasteiger partial charge on any atom is -0.506 e. The minimum atomic E-state index is -0.110. The van der Waals surface area contributed by atoms with Crippen molar-refractivity contribution in [2.75, 3.05) is 33.9 Å². The van der Waals surface area contributed by atoms with Gasteiger partial charge in [0.1, 0.15) is 52.0 Å². The summed E-state index contributed by atoms with van der Waals surface area (Å²) in [5.74, 6) is 2.03. The van der Waals surface area contributed by atoms with Gasteiger partial charge in [-0.25, -0.2) is 19.9 Å². The molecule has 1 saturated heterocycles. The number of carbonyl (C=O) groups excluding carboxylic acids is 1. The molecule has 328 valence electrons. The predicted octanol–water partition coefficient (Wildman–Crippen LogP) is 10.7. The lowest BCUT2D eigenvalue weighted by molar-refractivity contribution is -0.128. The van der Waals surface area contributed by atoms with Crippen LogP contribution in [0.3, 0.4) is 0 Å². The second kappa shape index (κ2) is 19.6. The van der Waals surface area contributed by atoms with Crippen LogP contribution in [-0.2, 0) is 17.9 Å². The maximum Gasteiger partial charge on any atom is 0.225 e. The van der Waals surface area contributed by atoms with Gasteiger partial charge in [0.05, 0.1) is 66.6 Å². The molecule has 4 aromatic carbocycles. The average molecular weight is 983 g/mol. The van der Waals surface area contributed by atoms with Crippen molar-refractivity contribution in [3.63, 3.8) is 0 Å². The molecule has 0 spiro atoms. The molecule has 9 rings (SSSR count). The molecule has 0 aliphatic carbocycles. The lowest BCUT2D eigenvalue weighted by Gasteiger charge is -2.17. The summed E-state index contributed by atoms with van der Waals surface area (Å²) in [7, 11) is 3.25. The SMILES string of the molecule is COc1ccc(Cn2cnc3c(-c4cc(O)c(Cl)cc4Cl)nc(Cl)nc32)cc1.COc1ccc(Cn2cnc3c(-c4cc(OCCN5CCCC5=O)c(Cl)cc4Cl)nc(Cl)nc32)cc1. The van der Waals surface area contributed by atoms with Gasteiger partial charge in [0.25, 0.3) is 0 Å². The largest absolute Gasteiger partial charge is 0.506 e. The molecule has 0 unspecified atom stereocenters. The Bertz CT molecular complexity index is 3000. The third-order valence-electron chi connectivity index (χ3n) is 10.3. The standard InChI is InChI=1S/C25H22Cl3N5O3.C19H13Cl3N4O2/c1-35-16-6-4-15(5-7-16)13-33-14-29-23-22(30-25(28)31-24(23)33)17-11-20(19(27)12-18(17)26)36-10-9-32-8-2-3-21(32)34;1-28-11-4-2-10(3-5-11)8-26-9-23-17-16(24-19(22)25-18(17)26)12-6-15(27)14(21)7-13(12)20/h4-7,11-12,14H,2-3,8-10,13H2,1H3;2-7,9,27H,8H2,1H3. The molecular formula is C44H35Cl6N9O5. The fourth-order valence-corrected chi connectivity index (χ4v) is 8.37. The van der Waals surface area contributed by atoms with E-state index < -0.39 is 0 Å². The number of rotatable bonds is 12. The van der Waals surface area contributed by atoms with E-state index in [1.54, 1.807) is 43.9 Å². The fraction of sp³-hybridized carbons (Fsp3) is 0.205. The van der Waals surface area contributed by atoms with E-state index in [4.69, 9.17) is 83.8 Å². The summed E-state index contributed by atoms with van der Waals surface area (Å²) in [5, 5.41) is 11.3. The van der Waals surface area contributed by atoms with Crippen molar-refractivity contribution in [3.05, 3.63) is 127 Å². The van der Waals surface area contributed by atoms with Crippen molar-refractivity contribution in [3.8, 4) is 45.5 Å². The smallest absolute Gasteiger partial charge is 0.225 e. The van der Waals surface area contributed by atoms with E-state index >= 15 is 0 Å². The molecule has 0 atom stereocenters. The van der Waals surface area contributed by atoms with Crippen LogP contribution in [0, 0.1) is 0 Å². The molecule has 1 aliphatic heterocycles. The number of likely N-dealkylation sites (tertiary alicyclic amines) is 1. The van der Waals surface area contributed by atoms with Crippen LogP contribution in [0.5, 0.6) is 23.0 Å². The van der Waals surface area contributed by atoms with Gasteiger partial charge >= 0.3 is 0 Å². The first-order valence-electron chi connectivity index (χ1n) is 19.5. The van der Waals surface area contributed by atoms with Crippen molar-refractivity contribution in [1.29, 1.82) is 0 Å². The van der Waals surface area contributed by atoms with Gasteiger partial charge in [-0.05, 0) is 89.3 Å². The van der Waals surface area contributed by atoms with Crippen LogP contribution in [0.4, 0.5) is 0 Å². The monoisotopic (exact) mass is 979 g/mol. The zero-order chi connectivity index (χ0) is 45.1. The Morgan fingerprint density at radius 3 is 1.62 bits per heavy atom. The summed E-state index contributed by atoms with van der Waals surface area (Å²) in [6.45, 7) is 2.62. The number of halogens is 6. The second-order valence-electron chi connectivity index (χ2n) is 14.3. The van der Waals surface area contributed by atoms with E-state index in [1.807, 2.05) is 57.7 Å². The first kappa shape index (κ1) is 45.0. The van der Waals surface area contributed by atoms with Gasteiger partial charge in [0, 0.05) is 24.1 Å². The van der Waals surface area contributed by atoms with Crippen LogP contribution in [0.25, 0.3) is 44.8 Å². The third kappa shape index (κ3) is 9.87. The Morgan fingerprint density at radius 1 is 0.641 bits per heavy atom. The maximum absolute atomic E-state index is 11.9. The number of benzene rings is 4. The van der Waals surface area contributed by atoms with E-state index in [0.717, 1.165) is 35.6 Å². The zero-order valence-corrected chi connectivity index (χ0v) is 38.4. The minimum absolute atomic E-state index is 0.0458. The number of phenols is 1. The van der Waals surface area contributed by atoms with Gasteiger partial charge in [0.2, 0.25) is 16.5 Å². The molecule has 20 heteroatoms. The maximum atomic E-state index is 11.9. The van der Waals surface area contributed by atoms with Gasteiger partial charge in [-0.15, -0.1) is 0 Å². The van der Waals surface area contributed by atoms with Crippen molar-refractivity contribution >= 4 is 97.8 Å². The average Bonchev–Trinajstić information content (AvgIpc) is 4.01. The number of imidazole rings is 2. The fourth-order valence-electron chi connectivity index (χ4n) is 7.04. The highest BCUT2D eigenvalue weighted by molar-refractivity contribution is 6.38. The normalized spacial score (nSPS) is 12.5. The summed E-state index contributed by atoms with van der Waals surface area (Å²) in [6.07, 6.45) is 4.81. The van der Waals surface area contributed by atoms with Crippen LogP contribution in [-0.4, -0.2) is 88.9 Å². The van der Waals surface area contributed by atoms with Gasteiger partial charge in [0.15, 0.2) is 11.3 Å².